The van der Waals surface area contributed by atoms with Gasteiger partial charge in [-0.15, -0.1) is 0 Å². The fraction of sp³-hybridized carbons (Fsp3) is 0.125. The zero-order chi connectivity index (χ0) is 14.8. The van der Waals surface area contributed by atoms with Gasteiger partial charge < -0.3 is 10.8 Å². The minimum absolute atomic E-state index is 0.145. The number of aromatic nitrogens is 3. The first kappa shape index (κ1) is 13.3. The van der Waals surface area contributed by atoms with Crippen molar-refractivity contribution in [3.05, 3.63) is 65.5 Å². The maximum atomic E-state index is 9.83. The summed E-state index contributed by atoms with van der Waals surface area (Å²) in [6, 6.07) is 14.5. The number of nitrogens with zero attached hydrogens (tertiary/aromatic N) is 2. The van der Waals surface area contributed by atoms with Gasteiger partial charge in [-0.05, 0) is 24.6 Å². The number of rotatable bonds is 3. The number of aromatic amines is 1. The number of aryl methyl sites for hydroxylation is 1. The van der Waals surface area contributed by atoms with Crippen molar-refractivity contribution in [2.75, 3.05) is 0 Å². The fourth-order valence-corrected chi connectivity index (χ4v) is 2.13. The number of phenols is 1. The molecule has 0 saturated heterocycles. The van der Waals surface area contributed by atoms with Gasteiger partial charge >= 0.3 is 0 Å². The Balaban J connectivity index is 1.91. The summed E-state index contributed by atoms with van der Waals surface area (Å²) >= 11 is 0. The Kier molecular flexibility index (Phi) is 3.41. The summed E-state index contributed by atoms with van der Waals surface area (Å²) < 4.78 is 0. The molecule has 0 aliphatic carbocycles. The molecule has 0 aliphatic heterocycles. The smallest absolute Gasteiger partial charge is 0.184 e. The van der Waals surface area contributed by atoms with Crippen LogP contribution in [0.1, 0.15) is 23.0 Å². The molecule has 1 heterocycles. The predicted molar refractivity (Wildman–Crippen MR) is 80.7 cm³/mol. The van der Waals surface area contributed by atoms with E-state index in [-0.39, 0.29) is 11.8 Å². The first-order valence-corrected chi connectivity index (χ1v) is 6.68. The van der Waals surface area contributed by atoms with E-state index in [2.05, 4.69) is 15.2 Å². The third kappa shape index (κ3) is 2.64. The summed E-state index contributed by atoms with van der Waals surface area (Å²) in [5.74, 6) is 1.15. The molecule has 4 N–H and O–H groups in total. The van der Waals surface area contributed by atoms with Gasteiger partial charge in [-0.1, -0.05) is 42.0 Å². The van der Waals surface area contributed by atoms with Crippen LogP contribution in [0.2, 0.25) is 0 Å². The van der Waals surface area contributed by atoms with Crippen LogP contribution in [0.3, 0.4) is 0 Å². The normalized spacial score (nSPS) is 12.3. The average molecular weight is 280 g/mol. The Morgan fingerprint density at radius 2 is 1.81 bits per heavy atom. The maximum Gasteiger partial charge on any atom is 0.184 e. The standard InChI is InChI=1S/C16H16N4O/c1-10-6-8-11(9-7-10)14(17)16-18-15(19-20-16)12-4-2-3-5-13(12)21/h2-9,14,21H,17H2,1H3,(H,18,19,20). The summed E-state index contributed by atoms with van der Waals surface area (Å²) in [5.41, 5.74) is 8.92. The van der Waals surface area contributed by atoms with Crippen LogP contribution >= 0.6 is 0 Å². The van der Waals surface area contributed by atoms with E-state index in [9.17, 15) is 5.11 Å². The average Bonchev–Trinajstić information content (AvgIpc) is 2.97. The quantitative estimate of drug-likeness (QED) is 0.688. The number of nitrogens with one attached hydrogen (secondary N) is 1. The highest BCUT2D eigenvalue weighted by Gasteiger charge is 2.16. The van der Waals surface area contributed by atoms with Gasteiger partial charge in [0.2, 0.25) is 0 Å². The highest BCUT2D eigenvalue weighted by atomic mass is 16.3. The molecule has 0 aliphatic rings. The van der Waals surface area contributed by atoms with Crippen LogP contribution in [-0.4, -0.2) is 20.3 Å². The molecule has 0 amide bonds. The Hall–Kier alpha value is -2.66. The molecule has 21 heavy (non-hydrogen) atoms. The largest absolute Gasteiger partial charge is 0.507 e. The first-order chi connectivity index (χ1) is 10.1. The lowest BCUT2D eigenvalue weighted by atomic mass is 10.1. The van der Waals surface area contributed by atoms with E-state index in [0.717, 1.165) is 5.56 Å². The van der Waals surface area contributed by atoms with Gasteiger partial charge in [0.05, 0.1) is 11.6 Å². The summed E-state index contributed by atoms with van der Waals surface area (Å²) in [6.45, 7) is 2.03. The number of hydrogen-bond acceptors (Lipinski definition) is 4. The molecular formula is C16H16N4O. The van der Waals surface area contributed by atoms with Crippen molar-refractivity contribution in [1.82, 2.24) is 15.2 Å². The maximum absolute atomic E-state index is 9.83. The van der Waals surface area contributed by atoms with Crippen LogP contribution < -0.4 is 5.73 Å². The summed E-state index contributed by atoms with van der Waals surface area (Å²) in [5, 5.41) is 16.8. The van der Waals surface area contributed by atoms with Gasteiger partial charge in [0.1, 0.15) is 11.6 Å². The van der Waals surface area contributed by atoms with Crippen molar-refractivity contribution in [1.29, 1.82) is 0 Å². The number of nitrogens with two attached hydrogens (primary N) is 1. The monoisotopic (exact) mass is 280 g/mol. The van der Waals surface area contributed by atoms with Crippen molar-refractivity contribution in [3.63, 3.8) is 0 Å². The highest BCUT2D eigenvalue weighted by molar-refractivity contribution is 5.63. The molecule has 106 valence electrons. The molecule has 5 heteroatoms. The van der Waals surface area contributed by atoms with E-state index in [4.69, 9.17) is 5.73 Å². The van der Waals surface area contributed by atoms with Crippen LogP contribution in [0.5, 0.6) is 5.75 Å². The first-order valence-electron chi connectivity index (χ1n) is 6.68. The molecule has 1 unspecified atom stereocenters. The lowest BCUT2D eigenvalue weighted by Gasteiger charge is -2.08. The minimum Gasteiger partial charge on any atom is -0.507 e. The number of phenolic OH excluding ortho intramolecular Hbond substituents is 1. The van der Waals surface area contributed by atoms with Gasteiger partial charge in [0.25, 0.3) is 0 Å². The molecule has 0 spiro atoms. The van der Waals surface area contributed by atoms with Crippen molar-refractivity contribution >= 4 is 0 Å². The molecule has 1 aromatic heterocycles. The van der Waals surface area contributed by atoms with Gasteiger partial charge in [-0.2, -0.15) is 5.10 Å². The number of aromatic hydroxyl groups is 1. The zero-order valence-electron chi connectivity index (χ0n) is 11.6. The van der Waals surface area contributed by atoms with Gasteiger partial charge in [-0.25, -0.2) is 4.98 Å². The molecule has 0 radical (unpaired) electrons. The third-order valence-electron chi connectivity index (χ3n) is 3.38. The van der Waals surface area contributed by atoms with E-state index in [1.54, 1.807) is 18.2 Å². The molecule has 0 fully saturated rings. The summed E-state index contributed by atoms with van der Waals surface area (Å²) in [4.78, 5) is 4.39. The topological polar surface area (TPSA) is 87.8 Å². The fourth-order valence-electron chi connectivity index (χ4n) is 2.13. The second kappa shape index (κ2) is 5.38. The number of hydrogen-bond donors (Lipinski definition) is 3. The molecule has 2 aromatic carbocycles. The van der Waals surface area contributed by atoms with E-state index in [0.29, 0.717) is 17.2 Å². The van der Waals surface area contributed by atoms with E-state index < -0.39 is 0 Å². The second-order valence-electron chi connectivity index (χ2n) is 4.95. The highest BCUT2D eigenvalue weighted by Crippen LogP contribution is 2.26. The SMILES string of the molecule is Cc1ccc(C(N)c2nc(-c3ccccc3O)n[nH]2)cc1. The molecule has 0 bridgehead atoms. The number of para-hydroxylation sites is 1. The van der Waals surface area contributed by atoms with Crippen molar-refractivity contribution in [2.45, 2.75) is 13.0 Å². The van der Waals surface area contributed by atoms with Crippen molar-refractivity contribution < 1.29 is 5.11 Å². The van der Waals surface area contributed by atoms with Crippen LogP contribution in [-0.2, 0) is 0 Å². The Labute approximate surface area is 122 Å². The van der Waals surface area contributed by atoms with E-state index in [1.165, 1.54) is 5.56 Å². The van der Waals surface area contributed by atoms with Gasteiger partial charge in [0.15, 0.2) is 5.82 Å². The summed E-state index contributed by atoms with van der Waals surface area (Å²) in [6.07, 6.45) is 0. The molecule has 1 atom stereocenters. The Morgan fingerprint density at radius 1 is 1.10 bits per heavy atom. The molecule has 0 saturated carbocycles. The van der Waals surface area contributed by atoms with Crippen molar-refractivity contribution in [2.24, 2.45) is 5.73 Å². The number of H-pyrrole nitrogens is 1. The van der Waals surface area contributed by atoms with Crippen LogP contribution in [0.25, 0.3) is 11.4 Å². The predicted octanol–water partition coefficient (Wildman–Crippen LogP) is 2.53. The second-order valence-corrected chi connectivity index (χ2v) is 4.95. The van der Waals surface area contributed by atoms with Crippen LogP contribution in [0, 0.1) is 6.92 Å². The molecule has 3 rings (SSSR count). The lowest BCUT2D eigenvalue weighted by molar-refractivity contribution is 0.477. The number of benzene rings is 2. The zero-order valence-corrected chi connectivity index (χ0v) is 11.6. The lowest BCUT2D eigenvalue weighted by Crippen LogP contribution is -2.13. The van der Waals surface area contributed by atoms with Crippen LogP contribution in [0.4, 0.5) is 0 Å². The molecule has 5 nitrogen and oxygen atoms in total. The summed E-state index contributed by atoms with van der Waals surface area (Å²) in [7, 11) is 0. The van der Waals surface area contributed by atoms with Gasteiger partial charge in [0, 0.05) is 0 Å². The van der Waals surface area contributed by atoms with Gasteiger partial charge in [-0.3, -0.25) is 5.10 Å². The van der Waals surface area contributed by atoms with Crippen molar-refractivity contribution in [3.8, 4) is 17.1 Å². The third-order valence-corrected chi connectivity index (χ3v) is 3.38. The van der Waals surface area contributed by atoms with Crippen LogP contribution in [0.15, 0.2) is 48.5 Å². The Bertz CT molecular complexity index is 749. The molecule has 3 aromatic rings. The van der Waals surface area contributed by atoms with E-state index >= 15 is 0 Å². The minimum atomic E-state index is -0.377. The molecular weight excluding hydrogens is 264 g/mol. The van der Waals surface area contributed by atoms with E-state index in [1.807, 2.05) is 37.3 Å². The Morgan fingerprint density at radius 3 is 2.52 bits per heavy atom.